The van der Waals surface area contributed by atoms with Crippen molar-refractivity contribution < 1.29 is 32.2 Å². The number of methoxy groups -OCH3 is 1. The van der Waals surface area contributed by atoms with Crippen molar-refractivity contribution in [1.29, 1.82) is 0 Å². The predicted molar refractivity (Wildman–Crippen MR) is 130 cm³/mol. The summed E-state index contributed by atoms with van der Waals surface area (Å²) in [4.78, 5) is 26.5. The van der Waals surface area contributed by atoms with Crippen LogP contribution in [0.25, 0.3) is 0 Å². The Kier molecular flexibility index (Phi) is 8.34. The lowest BCUT2D eigenvalue weighted by Gasteiger charge is -2.33. The Balaban J connectivity index is 1.97. The molecule has 1 aliphatic heterocycles. The summed E-state index contributed by atoms with van der Waals surface area (Å²) in [6.45, 7) is 4.97. The summed E-state index contributed by atoms with van der Waals surface area (Å²) in [5.74, 6) is -2.07. The summed E-state index contributed by atoms with van der Waals surface area (Å²) in [5.41, 5.74) is -0.105. The first-order valence-electron chi connectivity index (χ1n) is 11.3. The van der Waals surface area contributed by atoms with Crippen LogP contribution in [0.5, 0.6) is 5.75 Å². The van der Waals surface area contributed by atoms with Crippen LogP contribution < -0.4 is 4.74 Å². The van der Waals surface area contributed by atoms with Crippen molar-refractivity contribution >= 4 is 22.0 Å². The molecule has 2 atom stereocenters. The van der Waals surface area contributed by atoms with Gasteiger partial charge in [-0.1, -0.05) is 42.5 Å². The zero-order valence-corrected chi connectivity index (χ0v) is 21.2. The van der Waals surface area contributed by atoms with E-state index in [4.69, 9.17) is 14.2 Å². The first kappa shape index (κ1) is 26.4. The maximum atomic E-state index is 13.7. The molecule has 0 saturated carbocycles. The van der Waals surface area contributed by atoms with Crippen molar-refractivity contribution in [3.8, 4) is 5.75 Å². The molecule has 0 fully saturated rings. The number of hydrogen-bond donors (Lipinski definition) is 0. The molecule has 1 heterocycles. The molecule has 0 amide bonds. The minimum Gasteiger partial charge on any atom is -0.497 e. The molecule has 1 aliphatic rings. The molecule has 2 aromatic rings. The van der Waals surface area contributed by atoms with Crippen molar-refractivity contribution in [3.05, 3.63) is 72.3 Å². The van der Waals surface area contributed by atoms with Gasteiger partial charge in [0.1, 0.15) is 24.0 Å². The maximum Gasteiger partial charge on any atom is 0.325 e. The molecular formula is C26H31NO7S. The highest BCUT2D eigenvalue weighted by Gasteiger charge is 2.46. The van der Waals surface area contributed by atoms with Crippen molar-refractivity contribution in [2.24, 2.45) is 5.92 Å². The molecule has 8 nitrogen and oxygen atoms in total. The first-order chi connectivity index (χ1) is 16.5. The van der Waals surface area contributed by atoms with Crippen LogP contribution in [0.4, 0.5) is 0 Å². The Bertz CT molecular complexity index is 1150. The highest BCUT2D eigenvalue weighted by atomic mass is 32.2. The van der Waals surface area contributed by atoms with E-state index in [1.165, 1.54) is 31.4 Å². The number of ether oxygens (including phenoxy) is 3. The number of hydrogen-bond acceptors (Lipinski definition) is 7. The molecule has 0 N–H and O–H groups in total. The number of benzene rings is 2. The molecule has 2 unspecified atom stereocenters. The smallest absolute Gasteiger partial charge is 0.325 e. The van der Waals surface area contributed by atoms with Gasteiger partial charge < -0.3 is 14.2 Å². The van der Waals surface area contributed by atoms with Crippen LogP contribution in [0, 0.1) is 5.92 Å². The average molecular weight is 502 g/mol. The van der Waals surface area contributed by atoms with Gasteiger partial charge in [0.25, 0.3) is 0 Å². The van der Waals surface area contributed by atoms with E-state index in [0.717, 1.165) is 9.87 Å². The van der Waals surface area contributed by atoms with Crippen LogP contribution in [0.2, 0.25) is 0 Å². The van der Waals surface area contributed by atoms with Crippen LogP contribution in [0.1, 0.15) is 32.8 Å². The molecule has 35 heavy (non-hydrogen) atoms. The normalized spacial score (nSPS) is 19.0. The quantitative estimate of drug-likeness (QED) is 0.421. The Morgan fingerprint density at radius 2 is 1.63 bits per heavy atom. The zero-order valence-electron chi connectivity index (χ0n) is 20.3. The Morgan fingerprint density at radius 1 is 0.971 bits per heavy atom. The van der Waals surface area contributed by atoms with Gasteiger partial charge in [-0.3, -0.25) is 9.59 Å². The molecule has 3 rings (SSSR count). The first-order valence-corrected chi connectivity index (χ1v) is 12.7. The van der Waals surface area contributed by atoms with Gasteiger partial charge >= 0.3 is 11.9 Å². The van der Waals surface area contributed by atoms with Gasteiger partial charge in [-0.05, 0) is 57.0 Å². The van der Waals surface area contributed by atoms with E-state index in [1.807, 2.05) is 30.3 Å². The van der Waals surface area contributed by atoms with Crippen LogP contribution in [-0.4, -0.2) is 50.0 Å². The second kappa shape index (κ2) is 11.0. The lowest BCUT2D eigenvalue weighted by atomic mass is 9.96. The molecule has 0 aliphatic carbocycles. The number of carbonyl (C=O) groups excluding carboxylic acids is 2. The second-order valence-electron chi connectivity index (χ2n) is 9.14. The fraction of sp³-hybridized carbons (Fsp3) is 0.385. The van der Waals surface area contributed by atoms with E-state index >= 15 is 0 Å². The minimum atomic E-state index is -4.18. The predicted octanol–water partition coefficient (Wildman–Crippen LogP) is 3.72. The van der Waals surface area contributed by atoms with Gasteiger partial charge in [0.05, 0.1) is 17.9 Å². The maximum absolute atomic E-state index is 13.7. The molecule has 0 aromatic heterocycles. The van der Waals surface area contributed by atoms with Crippen LogP contribution in [0.3, 0.4) is 0 Å². The topological polar surface area (TPSA) is 99.2 Å². The average Bonchev–Trinajstić information content (AvgIpc) is 3.06. The zero-order chi connectivity index (χ0) is 25.6. The third kappa shape index (κ3) is 6.70. The molecule has 9 heteroatoms. The van der Waals surface area contributed by atoms with Crippen molar-refractivity contribution in [3.63, 3.8) is 0 Å². The molecule has 0 radical (unpaired) electrons. The summed E-state index contributed by atoms with van der Waals surface area (Å²) in [6, 6.07) is 13.6. The molecule has 0 spiro atoms. The molecule has 0 saturated heterocycles. The number of nitrogens with zero attached hydrogens (tertiary/aromatic N) is 1. The van der Waals surface area contributed by atoms with E-state index in [0.29, 0.717) is 5.75 Å². The van der Waals surface area contributed by atoms with Crippen LogP contribution >= 0.6 is 0 Å². The Labute approximate surface area is 206 Å². The molecule has 0 bridgehead atoms. The highest BCUT2D eigenvalue weighted by Crippen LogP contribution is 2.30. The van der Waals surface area contributed by atoms with Crippen molar-refractivity contribution in [1.82, 2.24) is 4.31 Å². The summed E-state index contributed by atoms with van der Waals surface area (Å²) in [7, 11) is -2.70. The molecule has 2 aromatic carbocycles. The fourth-order valence-corrected chi connectivity index (χ4v) is 5.27. The third-order valence-electron chi connectivity index (χ3n) is 5.37. The van der Waals surface area contributed by atoms with E-state index in [-0.39, 0.29) is 24.5 Å². The number of esters is 2. The van der Waals surface area contributed by atoms with Gasteiger partial charge in [-0.15, -0.1) is 0 Å². The Hall–Kier alpha value is -3.17. The van der Waals surface area contributed by atoms with Gasteiger partial charge in [0.15, 0.2) is 0 Å². The lowest BCUT2D eigenvalue weighted by molar-refractivity contribution is -0.167. The third-order valence-corrected chi connectivity index (χ3v) is 7.24. The monoisotopic (exact) mass is 501 g/mol. The van der Waals surface area contributed by atoms with Gasteiger partial charge in [0.2, 0.25) is 10.0 Å². The van der Waals surface area contributed by atoms with E-state index in [9.17, 15) is 18.0 Å². The van der Waals surface area contributed by atoms with Gasteiger partial charge in [-0.25, -0.2) is 8.42 Å². The summed E-state index contributed by atoms with van der Waals surface area (Å²) < 4.78 is 44.5. The number of carbonyl (C=O) groups is 2. The molecule has 188 valence electrons. The summed E-state index contributed by atoms with van der Waals surface area (Å²) in [6.07, 6.45) is 3.45. The SMILES string of the molecule is COc1ccc(S(=O)(=O)N2CC=CCC(C(=O)OCc3ccccc3)C2C(=O)OC(C)(C)C)cc1. The van der Waals surface area contributed by atoms with Crippen LogP contribution in [0.15, 0.2) is 71.6 Å². The number of allylic oxidation sites excluding steroid dienone is 1. The fourth-order valence-electron chi connectivity index (χ4n) is 3.70. The van der Waals surface area contributed by atoms with Crippen molar-refractivity contribution in [2.75, 3.05) is 13.7 Å². The van der Waals surface area contributed by atoms with E-state index in [1.54, 1.807) is 32.9 Å². The lowest BCUT2D eigenvalue weighted by Crippen LogP contribution is -2.52. The van der Waals surface area contributed by atoms with Gasteiger partial charge in [-0.2, -0.15) is 4.31 Å². The molecular weight excluding hydrogens is 470 g/mol. The van der Waals surface area contributed by atoms with E-state index in [2.05, 4.69) is 0 Å². The van der Waals surface area contributed by atoms with Gasteiger partial charge in [0, 0.05) is 6.54 Å². The Morgan fingerprint density at radius 3 is 2.23 bits per heavy atom. The summed E-state index contributed by atoms with van der Waals surface area (Å²) in [5, 5.41) is 0. The van der Waals surface area contributed by atoms with E-state index < -0.39 is 39.5 Å². The number of rotatable bonds is 7. The summed E-state index contributed by atoms with van der Waals surface area (Å²) >= 11 is 0. The highest BCUT2D eigenvalue weighted by molar-refractivity contribution is 7.89. The minimum absolute atomic E-state index is 0.00611. The largest absolute Gasteiger partial charge is 0.497 e. The van der Waals surface area contributed by atoms with Crippen molar-refractivity contribution in [2.45, 2.75) is 50.3 Å². The standard InChI is InChI=1S/C26H31NO7S/c1-26(2,3)34-25(29)23-22(24(28)33-18-19-10-6-5-7-11-19)12-8-9-17-27(23)35(30,31)21-15-13-20(32-4)14-16-21/h5-11,13-16,22-23H,12,17-18H2,1-4H3. The second-order valence-corrected chi connectivity index (χ2v) is 11.0. The number of sulfonamides is 1. The van der Waals surface area contributed by atoms with Crippen LogP contribution in [-0.2, 0) is 35.7 Å².